The zero-order valence-electron chi connectivity index (χ0n) is 10.7. The summed E-state index contributed by atoms with van der Waals surface area (Å²) in [6, 6.07) is -0.930. The Morgan fingerprint density at radius 3 is 2.89 bits per heavy atom. The number of aliphatic carboxylic acids is 1. The first-order chi connectivity index (χ1) is 9.08. The molecule has 0 aliphatic carbocycles. The Kier molecular flexibility index (Phi) is 4.16. The molecule has 0 spiro atoms. The standard InChI is InChI=1S/C12H18N4O3/c1-7-3-13-5-9(7)11(17)16-10(12(18)19)2-8-4-14-6-15-8/h4,6-7,9-10,13H,2-3,5H2,1H3,(H,14,15)(H,16,17)(H,18,19)/t7?,9?,10-/m0/s1. The van der Waals surface area contributed by atoms with E-state index in [4.69, 9.17) is 5.11 Å². The highest BCUT2D eigenvalue weighted by Gasteiger charge is 2.32. The van der Waals surface area contributed by atoms with Crippen LogP contribution >= 0.6 is 0 Å². The molecule has 0 saturated carbocycles. The van der Waals surface area contributed by atoms with E-state index >= 15 is 0 Å². The monoisotopic (exact) mass is 266 g/mol. The first-order valence-electron chi connectivity index (χ1n) is 6.29. The number of rotatable bonds is 5. The lowest BCUT2D eigenvalue weighted by atomic mass is 9.96. The number of carboxylic acid groups (broad SMARTS) is 1. The van der Waals surface area contributed by atoms with Gasteiger partial charge in [-0.25, -0.2) is 9.78 Å². The fourth-order valence-electron chi connectivity index (χ4n) is 2.26. The normalized spacial score (nSPS) is 24.1. The molecule has 19 heavy (non-hydrogen) atoms. The molecular formula is C12H18N4O3. The highest BCUT2D eigenvalue weighted by Crippen LogP contribution is 2.16. The van der Waals surface area contributed by atoms with Crippen LogP contribution in [0, 0.1) is 11.8 Å². The molecule has 1 fully saturated rings. The third kappa shape index (κ3) is 3.31. The Morgan fingerprint density at radius 1 is 1.58 bits per heavy atom. The van der Waals surface area contributed by atoms with E-state index in [1.54, 1.807) is 6.20 Å². The van der Waals surface area contributed by atoms with Crippen molar-refractivity contribution in [1.29, 1.82) is 0 Å². The summed E-state index contributed by atoms with van der Waals surface area (Å²) in [5, 5.41) is 14.9. The number of hydrogen-bond donors (Lipinski definition) is 4. The number of H-pyrrole nitrogens is 1. The Hall–Kier alpha value is -1.89. The van der Waals surface area contributed by atoms with Gasteiger partial charge in [0, 0.05) is 24.9 Å². The van der Waals surface area contributed by atoms with Gasteiger partial charge < -0.3 is 20.7 Å². The van der Waals surface area contributed by atoms with E-state index in [-0.39, 0.29) is 24.2 Å². The molecule has 7 heteroatoms. The van der Waals surface area contributed by atoms with Crippen molar-refractivity contribution in [3.05, 3.63) is 18.2 Å². The molecule has 2 heterocycles. The molecule has 1 aromatic heterocycles. The van der Waals surface area contributed by atoms with Crippen molar-refractivity contribution in [2.75, 3.05) is 13.1 Å². The second-order valence-corrected chi connectivity index (χ2v) is 4.92. The quantitative estimate of drug-likeness (QED) is 0.568. The predicted octanol–water partition coefficient (Wildman–Crippen LogP) is -0.623. The summed E-state index contributed by atoms with van der Waals surface area (Å²) in [6.45, 7) is 3.37. The van der Waals surface area contributed by atoms with Gasteiger partial charge in [-0.05, 0) is 12.5 Å². The minimum atomic E-state index is -1.04. The largest absolute Gasteiger partial charge is 0.480 e. The van der Waals surface area contributed by atoms with Gasteiger partial charge in [0.05, 0.1) is 12.2 Å². The van der Waals surface area contributed by atoms with Crippen molar-refractivity contribution in [2.45, 2.75) is 19.4 Å². The number of amides is 1. The zero-order valence-corrected chi connectivity index (χ0v) is 10.7. The zero-order chi connectivity index (χ0) is 13.8. The van der Waals surface area contributed by atoms with Gasteiger partial charge >= 0.3 is 5.97 Å². The molecule has 1 aromatic rings. The van der Waals surface area contributed by atoms with Gasteiger partial charge in [-0.1, -0.05) is 6.92 Å². The second kappa shape index (κ2) is 5.83. The fraction of sp³-hybridized carbons (Fsp3) is 0.583. The van der Waals surface area contributed by atoms with Crippen molar-refractivity contribution in [3.8, 4) is 0 Å². The number of aromatic nitrogens is 2. The lowest BCUT2D eigenvalue weighted by Crippen LogP contribution is -2.46. The summed E-state index contributed by atoms with van der Waals surface area (Å²) in [5.74, 6) is -1.18. The maximum absolute atomic E-state index is 12.1. The first kappa shape index (κ1) is 13.5. The summed E-state index contributed by atoms with van der Waals surface area (Å²) in [6.07, 6.45) is 3.25. The summed E-state index contributed by atoms with van der Waals surface area (Å²) >= 11 is 0. The van der Waals surface area contributed by atoms with Crippen molar-refractivity contribution in [1.82, 2.24) is 20.6 Å². The van der Waals surface area contributed by atoms with E-state index in [9.17, 15) is 9.59 Å². The maximum Gasteiger partial charge on any atom is 0.326 e. The van der Waals surface area contributed by atoms with Crippen molar-refractivity contribution in [2.24, 2.45) is 11.8 Å². The van der Waals surface area contributed by atoms with Gasteiger partial charge in [0.25, 0.3) is 0 Å². The van der Waals surface area contributed by atoms with Crippen LogP contribution in [0.15, 0.2) is 12.5 Å². The van der Waals surface area contributed by atoms with Gasteiger partial charge in [-0.15, -0.1) is 0 Å². The van der Waals surface area contributed by atoms with Crippen molar-refractivity contribution in [3.63, 3.8) is 0 Å². The number of hydrogen-bond acceptors (Lipinski definition) is 4. The molecule has 1 aliphatic heterocycles. The third-order valence-electron chi connectivity index (χ3n) is 3.45. The van der Waals surface area contributed by atoms with Crippen LogP contribution in [-0.4, -0.2) is 46.1 Å². The molecule has 1 aliphatic rings. The van der Waals surface area contributed by atoms with E-state index < -0.39 is 12.0 Å². The molecule has 104 valence electrons. The highest BCUT2D eigenvalue weighted by atomic mass is 16.4. The minimum absolute atomic E-state index is 0.163. The Morgan fingerprint density at radius 2 is 2.37 bits per heavy atom. The molecule has 0 bridgehead atoms. The van der Waals surface area contributed by atoms with E-state index in [1.165, 1.54) is 6.33 Å². The van der Waals surface area contributed by atoms with E-state index in [2.05, 4.69) is 20.6 Å². The molecule has 0 aromatic carbocycles. The minimum Gasteiger partial charge on any atom is -0.480 e. The summed E-state index contributed by atoms with van der Waals surface area (Å²) in [5.41, 5.74) is 0.685. The molecule has 1 amide bonds. The number of carbonyl (C=O) groups excluding carboxylic acids is 1. The number of imidazole rings is 1. The highest BCUT2D eigenvalue weighted by molar-refractivity contribution is 5.85. The summed E-state index contributed by atoms with van der Waals surface area (Å²) in [4.78, 5) is 29.9. The molecule has 1 saturated heterocycles. The van der Waals surface area contributed by atoms with Crippen LogP contribution in [0.2, 0.25) is 0 Å². The van der Waals surface area contributed by atoms with Crippen LogP contribution < -0.4 is 10.6 Å². The summed E-state index contributed by atoms with van der Waals surface area (Å²) < 4.78 is 0. The molecule has 2 rings (SSSR count). The third-order valence-corrected chi connectivity index (χ3v) is 3.45. The van der Waals surface area contributed by atoms with Gasteiger partial charge in [-0.2, -0.15) is 0 Å². The van der Waals surface area contributed by atoms with Crippen LogP contribution in [0.25, 0.3) is 0 Å². The lowest BCUT2D eigenvalue weighted by molar-refractivity contribution is -0.142. The van der Waals surface area contributed by atoms with Crippen LogP contribution in [0.4, 0.5) is 0 Å². The lowest BCUT2D eigenvalue weighted by Gasteiger charge is -2.18. The van der Waals surface area contributed by atoms with Crippen molar-refractivity contribution < 1.29 is 14.7 Å². The first-order valence-corrected chi connectivity index (χ1v) is 6.29. The Labute approximate surface area is 110 Å². The van der Waals surface area contributed by atoms with Gasteiger partial charge in [-0.3, -0.25) is 4.79 Å². The molecule has 0 radical (unpaired) electrons. The van der Waals surface area contributed by atoms with E-state index in [1.807, 2.05) is 6.92 Å². The fourth-order valence-corrected chi connectivity index (χ4v) is 2.26. The Bertz CT molecular complexity index is 446. The van der Waals surface area contributed by atoms with Gasteiger partial charge in [0.15, 0.2) is 0 Å². The predicted molar refractivity (Wildman–Crippen MR) is 67.4 cm³/mol. The average molecular weight is 266 g/mol. The second-order valence-electron chi connectivity index (χ2n) is 4.92. The van der Waals surface area contributed by atoms with Crippen LogP contribution in [0.3, 0.4) is 0 Å². The number of nitrogens with one attached hydrogen (secondary N) is 3. The molecule has 7 nitrogen and oxygen atoms in total. The van der Waals surface area contributed by atoms with Crippen LogP contribution in [-0.2, 0) is 16.0 Å². The van der Waals surface area contributed by atoms with Gasteiger partial charge in [0.1, 0.15) is 6.04 Å². The van der Waals surface area contributed by atoms with Crippen LogP contribution in [0.1, 0.15) is 12.6 Å². The number of carboxylic acids is 1. The SMILES string of the molecule is CC1CNCC1C(=O)N[C@@H](Cc1cnc[nH]1)C(=O)O. The van der Waals surface area contributed by atoms with E-state index in [0.29, 0.717) is 12.2 Å². The summed E-state index contributed by atoms with van der Waals surface area (Å²) in [7, 11) is 0. The van der Waals surface area contributed by atoms with Crippen LogP contribution in [0.5, 0.6) is 0 Å². The molecule has 2 unspecified atom stereocenters. The molecule has 4 N–H and O–H groups in total. The smallest absolute Gasteiger partial charge is 0.326 e. The van der Waals surface area contributed by atoms with Gasteiger partial charge in [0.2, 0.25) is 5.91 Å². The maximum atomic E-state index is 12.1. The number of carbonyl (C=O) groups is 2. The Balaban J connectivity index is 1.96. The number of aromatic amines is 1. The van der Waals surface area contributed by atoms with E-state index in [0.717, 1.165) is 6.54 Å². The number of nitrogens with zero attached hydrogens (tertiary/aromatic N) is 1. The molecular weight excluding hydrogens is 248 g/mol. The van der Waals surface area contributed by atoms with Crippen molar-refractivity contribution >= 4 is 11.9 Å². The molecule has 3 atom stereocenters. The average Bonchev–Trinajstić information content (AvgIpc) is 2.99. The topological polar surface area (TPSA) is 107 Å².